The van der Waals surface area contributed by atoms with Crippen molar-refractivity contribution >= 4 is 33.1 Å². The molecule has 7 nitrogen and oxygen atoms in total. The molecule has 0 aliphatic carbocycles. The average molecular weight is 413 g/mol. The van der Waals surface area contributed by atoms with Crippen molar-refractivity contribution < 1.29 is 13.9 Å². The number of hydrogen-bond donors (Lipinski definition) is 0. The molecule has 4 heterocycles. The van der Waals surface area contributed by atoms with Crippen molar-refractivity contribution in [1.29, 1.82) is 0 Å². The van der Waals surface area contributed by atoms with Gasteiger partial charge in [-0.15, -0.1) is 0 Å². The lowest BCUT2D eigenvalue weighted by atomic mass is 9.98. The van der Waals surface area contributed by atoms with Crippen LogP contribution >= 0.6 is 11.3 Å². The fourth-order valence-corrected chi connectivity index (χ4v) is 4.23. The van der Waals surface area contributed by atoms with Gasteiger partial charge in [0.05, 0.1) is 11.1 Å². The molecule has 4 aromatic rings. The van der Waals surface area contributed by atoms with Gasteiger partial charge in [0, 0.05) is 37.9 Å². The molecule has 0 aliphatic rings. The molecule has 1 unspecified atom stereocenters. The molecule has 0 aromatic carbocycles. The number of methoxy groups -OCH3 is 1. The second-order valence-corrected chi connectivity index (χ2v) is 8.16. The first-order valence-electron chi connectivity index (χ1n) is 9.16. The lowest BCUT2D eigenvalue weighted by molar-refractivity contribution is -0.117. The zero-order valence-corrected chi connectivity index (χ0v) is 17.4. The molecule has 29 heavy (non-hydrogen) atoms. The molecule has 0 N–H and O–H groups in total. The lowest BCUT2D eigenvalue weighted by Crippen LogP contribution is -2.12. The first-order valence-corrected chi connectivity index (χ1v) is 9.98. The number of aryl methyl sites for hydroxylation is 2. The van der Waals surface area contributed by atoms with Gasteiger partial charge >= 0.3 is 0 Å². The van der Waals surface area contributed by atoms with Gasteiger partial charge in [-0.2, -0.15) is 5.10 Å². The Kier molecular flexibility index (Phi) is 5.10. The van der Waals surface area contributed by atoms with E-state index in [1.807, 2.05) is 13.8 Å². The third-order valence-corrected chi connectivity index (χ3v) is 5.63. The molecule has 4 aromatic heterocycles. The van der Waals surface area contributed by atoms with E-state index in [0.717, 1.165) is 26.5 Å². The summed E-state index contributed by atoms with van der Waals surface area (Å²) in [5.41, 5.74) is 3.13. The average Bonchev–Trinajstić information content (AvgIpc) is 3.22. The van der Waals surface area contributed by atoms with Crippen LogP contribution in [0.3, 0.4) is 0 Å². The summed E-state index contributed by atoms with van der Waals surface area (Å²) < 4.78 is 21.2. The van der Waals surface area contributed by atoms with Gasteiger partial charge in [-0.25, -0.2) is 23.9 Å². The minimum Gasteiger partial charge on any atom is -0.377 e. The van der Waals surface area contributed by atoms with E-state index in [1.165, 1.54) is 21.9 Å². The largest absolute Gasteiger partial charge is 0.377 e. The number of carbonyl (C=O) groups is 1. The smallest absolute Gasteiger partial charge is 0.191 e. The monoisotopic (exact) mass is 413 g/mol. The molecule has 0 aliphatic heterocycles. The van der Waals surface area contributed by atoms with Crippen LogP contribution in [0.4, 0.5) is 4.39 Å². The molecule has 0 amide bonds. The number of aromatic nitrogens is 5. The summed E-state index contributed by atoms with van der Waals surface area (Å²) >= 11 is 1.51. The zero-order chi connectivity index (χ0) is 20.7. The van der Waals surface area contributed by atoms with Gasteiger partial charge < -0.3 is 4.74 Å². The number of ketones is 1. The summed E-state index contributed by atoms with van der Waals surface area (Å²) in [6, 6.07) is 1.34. The first-order chi connectivity index (χ1) is 13.9. The van der Waals surface area contributed by atoms with Gasteiger partial charge in [-0.3, -0.25) is 4.79 Å². The van der Waals surface area contributed by atoms with E-state index in [0.29, 0.717) is 11.4 Å². The molecule has 0 saturated carbocycles. The maximum atomic E-state index is 14.3. The molecule has 9 heteroatoms. The second kappa shape index (κ2) is 7.57. The number of Topliss-reactive ketones (excluding diaryl/α,β-unsaturated/α-hetero) is 1. The number of halogens is 1. The number of hydrogen-bond acceptors (Lipinski definition) is 7. The molecule has 0 saturated heterocycles. The van der Waals surface area contributed by atoms with Gasteiger partial charge in [-0.05, 0) is 38.0 Å². The molecule has 0 spiro atoms. The van der Waals surface area contributed by atoms with Gasteiger partial charge in [0.2, 0.25) is 0 Å². The lowest BCUT2D eigenvalue weighted by Gasteiger charge is -2.15. The highest BCUT2D eigenvalue weighted by Gasteiger charge is 2.20. The summed E-state index contributed by atoms with van der Waals surface area (Å²) in [7, 11) is 1.62. The van der Waals surface area contributed by atoms with E-state index in [4.69, 9.17) is 4.74 Å². The van der Waals surface area contributed by atoms with Crippen LogP contribution in [0.15, 0.2) is 18.5 Å². The third-order valence-electron chi connectivity index (χ3n) is 4.75. The van der Waals surface area contributed by atoms with Gasteiger partial charge in [0.15, 0.2) is 11.5 Å². The fourth-order valence-electron chi connectivity index (χ4n) is 3.45. The van der Waals surface area contributed by atoms with Crippen LogP contribution in [-0.4, -0.2) is 37.5 Å². The molecule has 150 valence electrons. The summed E-state index contributed by atoms with van der Waals surface area (Å²) in [5.74, 6) is -0.0765. The van der Waals surface area contributed by atoms with Crippen molar-refractivity contribution in [3.8, 4) is 0 Å². The van der Waals surface area contributed by atoms with E-state index >= 15 is 0 Å². The Morgan fingerprint density at radius 1 is 1.31 bits per heavy atom. The SMILES string of the molecule is COC(C)c1c(CC(=O)Cc2cc(F)c3nc(C)nn3c2)cnc2sc(C)nc12. The highest BCUT2D eigenvalue weighted by Crippen LogP contribution is 2.31. The molecule has 4 rings (SSSR count). The summed E-state index contributed by atoms with van der Waals surface area (Å²) in [6.07, 6.45) is 3.38. The van der Waals surface area contributed by atoms with Crippen molar-refractivity contribution in [2.45, 2.75) is 39.7 Å². The standard InChI is InChI=1S/C20H20FN5O2S/c1-10(28-4)17-14(8-22-20-18(17)24-12(3)29-20)7-15(27)5-13-6-16(21)19-23-11(2)25-26(19)9-13/h6,8-10H,5,7H2,1-4H3. The van der Waals surface area contributed by atoms with Crippen molar-refractivity contribution in [2.24, 2.45) is 0 Å². The van der Waals surface area contributed by atoms with E-state index in [9.17, 15) is 9.18 Å². The van der Waals surface area contributed by atoms with Crippen molar-refractivity contribution in [1.82, 2.24) is 24.6 Å². The van der Waals surface area contributed by atoms with Crippen LogP contribution in [0.1, 0.15) is 40.6 Å². The maximum absolute atomic E-state index is 14.3. The number of fused-ring (bicyclic) bond motifs is 2. The number of rotatable bonds is 6. The highest BCUT2D eigenvalue weighted by molar-refractivity contribution is 7.18. The second-order valence-electron chi connectivity index (χ2n) is 6.98. The predicted octanol–water partition coefficient (Wildman–Crippen LogP) is 3.55. The minimum absolute atomic E-state index is 0.0572. The summed E-state index contributed by atoms with van der Waals surface area (Å²) in [5, 5.41) is 5.04. The number of ether oxygens (including phenoxy) is 1. The predicted molar refractivity (Wildman–Crippen MR) is 108 cm³/mol. The first kappa shape index (κ1) is 19.5. The van der Waals surface area contributed by atoms with Crippen LogP contribution < -0.4 is 0 Å². The molecule has 0 radical (unpaired) electrons. The summed E-state index contributed by atoms with van der Waals surface area (Å²) in [6.45, 7) is 5.54. The molecule has 0 bridgehead atoms. The van der Waals surface area contributed by atoms with Crippen LogP contribution in [0.5, 0.6) is 0 Å². The minimum atomic E-state index is -0.495. The van der Waals surface area contributed by atoms with Crippen LogP contribution in [0.2, 0.25) is 0 Å². The Hall–Kier alpha value is -2.78. The van der Waals surface area contributed by atoms with E-state index in [2.05, 4.69) is 20.1 Å². The Balaban J connectivity index is 1.64. The van der Waals surface area contributed by atoms with E-state index in [-0.39, 0.29) is 30.4 Å². The molecular formula is C20H20FN5O2S. The zero-order valence-electron chi connectivity index (χ0n) is 16.6. The number of thiazole rings is 1. The van der Waals surface area contributed by atoms with Gasteiger partial charge in [0.1, 0.15) is 22.0 Å². The third kappa shape index (κ3) is 3.75. The maximum Gasteiger partial charge on any atom is 0.191 e. The van der Waals surface area contributed by atoms with E-state index in [1.54, 1.807) is 26.4 Å². The Bertz CT molecular complexity index is 1230. The van der Waals surface area contributed by atoms with Crippen molar-refractivity contribution in [2.75, 3.05) is 7.11 Å². The Morgan fingerprint density at radius 3 is 2.86 bits per heavy atom. The number of carbonyl (C=O) groups excluding carboxylic acids is 1. The van der Waals surface area contributed by atoms with Gasteiger partial charge in [0.25, 0.3) is 0 Å². The fraction of sp³-hybridized carbons (Fsp3) is 0.350. The van der Waals surface area contributed by atoms with Crippen LogP contribution in [-0.2, 0) is 22.4 Å². The number of nitrogens with zero attached hydrogens (tertiary/aromatic N) is 5. The quantitative estimate of drug-likeness (QED) is 0.481. The number of pyridine rings is 2. The highest BCUT2D eigenvalue weighted by atomic mass is 32.1. The Labute approximate surface area is 170 Å². The van der Waals surface area contributed by atoms with Crippen molar-refractivity contribution in [3.63, 3.8) is 0 Å². The van der Waals surface area contributed by atoms with E-state index < -0.39 is 5.82 Å². The van der Waals surface area contributed by atoms with Gasteiger partial charge in [-0.1, -0.05) is 11.3 Å². The molecular weight excluding hydrogens is 393 g/mol. The normalized spacial score (nSPS) is 12.7. The molecule has 0 fully saturated rings. The van der Waals surface area contributed by atoms with Crippen LogP contribution in [0.25, 0.3) is 16.0 Å². The topological polar surface area (TPSA) is 82.3 Å². The molecule has 1 atom stereocenters. The Morgan fingerprint density at radius 2 is 2.10 bits per heavy atom. The van der Waals surface area contributed by atoms with Crippen molar-refractivity contribution in [3.05, 3.63) is 51.8 Å². The summed E-state index contributed by atoms with van der Waals surface area (Å²) in [4.78, 5) is 26.7. The van der Waals surface area contributed by atoms with Crippen LogP contribution in [0, 0.1) is 19.7 Å².